The second kappa shape index (κ2) is 9.13. The molecule has 4 rings (SSSR count). The van der Waals surface area contributed by atoms with Crippen molar-refractivity contribution >= 4 is 28.8 Å². The predicted molar refractivity (Wildman–Crippen MR) is 120 cm³/mol. The highest BCUT2D eigenvalue weighted by Crippen LogP contribution is 2.27. The molecule has 0 atom stereocenters. The molecule has 0 aliphatic heterocycles. The number of rotatable bonds is 7. The second-order valence-electron chi connectivity index (χ2n) is 6.80. The molecule has 2 aromatic carbocycles. The Balaban J connectivity index is 1.69. The fourth-order valence-electron chi connectivity index (χ4n) is 3.15. The standard InChI is InChI=1S/C24H20N4O4/c1-31-20-10-9-16(13-21(20)32-2)24(30)28-19(12-15-6-5-11-25-14-15)22(29)23-26-17-7-3-4-8-18(17)27-23/h3-14H,1-2H3,(H,26,27)(H,28,30). The first-order chi connectivity index (χ1) is 15.6. The van der Waals surface area contributed by atoms with E-state index in [1.54, 1.807) is 54.9 Å². The number of ketones is 1. The van der Waals surface area contributed by atoms with Gasteiger partial charge < -0.3 is 19.8 Å². The topological polar surface area (TPSA) is 106 Å². The van der Waals surface area contributed by atoms with E-state index in [2.05, 4.69) is 20.3 Å². The van der Waals surface area contributed by atoms with E-state index in [-0.39, 0.29) is 11.5 Å². The van der Waals surface area contributed by atoms with Crippen LogP contribution in [-0.2, 0) is 0 Å². The van der Waals surface area contributed by atoms with E-state index >= 15 is 0 Å². The average molecular weight is 428 g/mol. The van der Waals surface area contributed by atoms with Crippen LogP contribution >= 0.6 is 0 Å². The summed E-state index contributed by atoms with van der Waals surface area (Å²) < 4.78 is 10.5. The number of aromatic nitrogens is 3. The molecule has 2 N–H and O–H groups in total. The SMILES string of the molecule is COc1ccc(C(=O)NC(=Cc2cccnc2)C(=O)c2nc3ccccc3[nH]2)cc1OC. The molecule has 2 heterocycles. The smallest absolute Gasteiger partial charge is 0.255 e. The number of H-pyrrole nitrogens is 1. The minimum absolute atomic E-state index is 0.0526. The Kier molecular flexibility index (Phi) is 5.94. The highest BCUT2D eigenvalue weighted by molar-refractivity contribution is 6.13. The van der Waals surface area contributed by atoms with Gasteiger partial charge >= 0.3 is 0 Å². The Bertz CT molecular complexity index is 1280. The van der Waals surface area contributed by atoms with Gasteiger partial charge in [0.05, 0.1) is 31.0 Å². The molecule has 0 radical (unpaired) electrons. The predicted octanol–water partition coefficient (Wildman–Crippen LogP) is 3.63. The molecule has 8 heteroatoms. The van der Waals surface area contributed by atoms with Crippen LogP contribution in [0.15, 0.2) is 72.7 Å². The fourth-order valence-corrected chi connectivity index (χ4v) is 3.15. The van der Waals surface area contributed by atoms with Crippen molar-refractivity contribution < 1.29 is 19.1 Å². The van der Waals surface area contributed by atoms with Crippen molar-refractivity contribution in [2.24, 2.45) is 0 Å². The number of amides is 1. The summed E-state index contributed by atoms with van der Waals surface area (Å²) in [5.41, 5.74) is 2.39. The molecule has 4 aromatic rings. The lowest BCUT2D eigenvalue weighted by Crippen LogP contribution is -2.28. The van der Waals surface area contributed by atoms with Crippen molar-refractivity contribution in [3.8, 4) is 11.5 Å². The number of pyridine rings is 1. The third-order valence-electron chi connectivity index (χ3n) is 4.74. The van der Waals surface area contributed by atoms with E-state index in [4.69, 9.17) is 9.47 Å². The molecule has 0 fully saturated rings. The number of carbonyl (C=O) groups is 2. The van der Waals surface area contributed by atoms with Crippen LogP contribution in [0.4, 0.5) is 0 Å². The molecule has 0 spiro atoms. The molecule has 0 aliphatic rings. The first-order valence-corrected chi connectivity index (χ1v) is 9.73. The molecule has 160 valence electrons. The number of hydrogen-bond donors (Lipinski definition) is 2. The maximum Gasteiger partial charge on any atom is 0.255 e. The first-order valence-electron chi connectivity index (χ1n) is 9.73. The van der Waals surface area contributed by atoms with Crippen molar-refractivity contribution in [1.29, 1.82) is 0 Å². The molecule has 0 saturated heterocycles. The molecule has 0 unspecified atom stereocenters. The third-order valence-corrected chi connectivity index (χ3v) is 4.74. The van der Waals surface area contributed by atoms with Gasteiger partial charge in [0.2, 0.25) is 5.78 Å². The number of nitrogens with one attached hydrogen (secondary N) is 2. The third kappa shape index (κ3) is 4.34. The van der Waals surface area contributed by atoms with Crippen molar-refractivity contribution in [3.05, 3.63) is 89.6 Å². The van der Waals surface area contributed by atoms with Gasteiger partial charge in [-0.1, -0.05) is 18.2 Å². The summed E-state index contributed by atoms with van der Waals surface area (Å²) in [6.07, 6.45) is 4.77. The number of nitrogens with zero attached hydrogens (tertiary/aromatic N) is 2. The summed E-state index contributed by atoms with van der Waals surface area (Å²) in [5.74, 6) is 0.0773. The van der Waals surface area contributed by atoms with Gasteiger partial charge in [-0.05, 0) is 48.0 Å². The zero-order valence-corrected chi connectivity index (χ0v) is 17.5. The van der Waals surface area contributed by atoms with E-state index in [0.29, 0.717) is 28.1 Å². The maximum atomic E-state index is 13.3. The summed E-state index contributed by atoms with van der Waals surface area (Å²) in [4.78, 5) is 37.7. The van der Waals surface area contributed by atoms with Crippen molar-refractivity contribution in [3.63, 3.8) is 0 Å². The number of ether oxygens (including phenoxy) is 2. The van der Waals surface area contributed by atoms with Gasteiger partial charge in [-0.3, -0.25) is 14.6 Å². The van der Waals surface area contributed by atoms with Gasteiger partial charge in [0.15, 0.2) is 17.3 Å². The molecular formula is C24H20N4O4. The average Bonchev–Trinajstić information content (AvgIpc) is 3.27. The minimum Gasteiger partial charge on any atom is -0.493 e. The Morgan fingerprint density at radius 2 is 1.81 bits per heavy atom. The quantitative estimate of drug-likeness (QED) is 0.344. The van der Waals surface area contributed by atoms with Gasteiger partial charge in [-0.25, -0.2) is 4.98 Å². The van der Waals surface area contributed by atoms with Crippen LogP contribution < -0.4 is 14.8 Å². The molecule has 2 aromatic heterocycles. The van der Waals surface area contributed by atoms with E-state index in [1.807, 2.05) is 18.2 Å². The van der Waals surface area contributed by atoms with Crippen LogP contribution in [0.5, 0.6) is 11.5 Å². The van der Waals surface area contributed by atoms with Crippen LogP contribution in [0, 0.1) is 0 Å². The fraction of sp³-hybridized carbons (Fsp3) is 0.0833. The lowest BCUT2D eigenvalue weighted by Gasteiger charge is -2.11. The maximum absolute atomic E-state index is 13.3. The lowest BCUT2D eigenvalue weighted by atomic mass is 10.1. The highest BCUT2D eigenvalue weighted by Gasteiger charge is 2.20. The van der Waals surface area contributed by atoms with Crippen LogP contribution in [0.25, 0.3) is 17.1 Å². The summed E-state index contributed by atoms with van der Waals surface area (Å²) in [5, 5.41) is 2.70. The number of allylic oxidation sites excluding steroid dienone is 1. The minimum atomic E-state index is -0.481. The largest absolute Gasteiger partial charge is 0.493 e. The van der Waals surface area contributed by atoms with Gasteiger partial charge in [-0.15, -0.1) is 0 Å². The Labute approximate surface area is 183 Å². The normalized spacial score (nSPS) is 11.2. The zero-order chi connectivity index (χ0) is 22.5. The van der Waals surface area contributed by atoms with Crippen LogP contribution in [-0.4, -0.2) is 40.9 Å². The van der Waals surface area contributed by atoms with Crippen LogP contribution in [0.2, 0.25) is 0 Å². The zero-order valence-electron chi connectivity index (χ0n) is 17.5. The number of imidazole rings is 1. The number of fused-ring (bicyclic) bond motifs is 1. The molecular weight excluding hydrogens is 408 g/mol. The summed E-state index contributed by atoms with van der Waals surface area (Å²) >= 11 is 0. The van der Waals surface area contributed by atoms with E-state index in [1.165, 1.54) is 14.2 Å². The first kappa shape index (κ1) is 20.8. The number of methoxy groups -OCH3 is 2. The molecule has 0 bridgehead atoms. The van der Waals surface area contributed by atoms with Crippen molar-refractivity contribution in [1.82, 2.24) is 20.3 Å². The molecule has 1 amide bonds. The number of hydrogen-bond acceptors (Lipinski definition) is 6. The lowest BCUT2D eigenvalue weighted by molar-refractivity contribution is 0.0931. The van der Waals surface area contributed by atoms with E-state index in [9.17, 15) is 9.59 Å². The monoisotopic (exact) mass is 428 g/mol. The summed E-state index contributed by atoms with van der Waals surface area (Å²) in [6, 6.07) is 15.6. The van der Waals surface area contributed by atoms with Gasteiger partial charge in [0.1, 0.15) is 0 Å². The van der Waals surface area contributed by atoms with E-state index < -0.39 is 11.7 Å². The molecule has 32 heavy (non-hydrogen) atoms. The number of benzene rings is 2. The van der Waals surface area contributed by atoms with Gasteiger partial charge in [0, 0.05) is 18.0 Å². The van der Waals surface area contributed by atoms with Gasteiger partial charge in [0.25, 0.3) is 5.91 Å². The number of carbonyl (C=O) groups excluding carboxylic acids is 2. The number of Topliss-reactive ketones (excluding diaryl/α,β-unsaturated/α-hetero) is 1. The number of para-hydroxylation sites is 2. The van der Waals surface area contributed by atoms with Crippen molar-refractivity contribution in [2.45, 2.75) is 0 Å². The van der Waals surface area contributed by atoms with E-state index in [0.717, 1.165) is 5.52 Å². The molecule has 0 aliphatic carbocycles. The number of aromatic amines is 1. The highest BCUT2D eigenvalue weighted by atomic mass is 16.5. The van der Waals surface area contributed by atoms with Crippen LogP contribution in [0.3, 0.4) is 0 Å². The molecule has 8 nitrogen and oxygen atoms in total. The Hall–Kier alpha value is -4.46. The molecule has 0 saturated carbocycles. The Morgan fingerprint density at radius 1 is 1.00 bits per heavy atom. The second-order valence-corrected chi connectivity index (χ2v) is 6.80. The van der Waals surface area contributed by atoms with Gasteiger partial charge in [-0.2, -0.15) is 0 Å². The Morgan fingerprint density at radius 3 is 2.53 bits per heavy atom. The summed E-state index contributed by atoms with van der Waals surface area (Å²) in [7, 11) is 3.00. The summed E-state index contributed by atoms with van der Waals surface area (Å²) in [6.45, 7) is 0. The van der Waals surface area contributed by atoms with Crippen LogP contribution in [0.1, 0.15) is 26.5 Å². The van der Waals surface area contributed by atoms with Crippen molar-refractivity contribution in [2.75, 3.05) is 14.2 Å².